The zero-order valence-corrected chi connectivity index (χ0v) is 13.2. The van der Waals surface area contributed by atoms with Crippen LogP contribution in [0.5, 0.6) is 0 Å². The van der Waals surface area contributed by atoms with Crippen molar-refractivity contribution < 1.29 is 4.74 Å². The largest absolute Gasteiger partial charge is 0.380 e. The number of benzene rings is 1. The summed E-state index contributed by atoms with van der Waals surface area (Å²) in [4.78, 5) is 2.66. The van der Waals surface area contributed by atoms with Crippen molar-refractivity contribution in [1.82, 2.24) is 10.2 Å². The molecule has 0 aromatic heterocycles. The van der Waals surface area contributed by atoms with E-state index in [0.717, 1.165) is 12.5 Å². The van der Waals surface area contributed by atoms with Crippen LogP contribution in [-0.4, -0.2) is 37.7 Å². The van der Waals surface area contributed by atoms with Crippen LogP contribution in [0.1, 0.15) is 36.8 Å². The number of hydrogen-bond donors (Lipinski definition) is 1. The SMILES string of the molecule is COCc1ccc(CN(CC2CC2)CC2CCCN2)cc1. The van der Waals surface area contributed by atoms with E-state index in [0.29, 0.717) is 12.6 Å². The molecule has 116 valence electrons. The van der Waals surface area contributed by atoms with Crippen LogP contribution in [0.4, 0.5) is 0 Å². The predicted molar refractivity (Wildman–Crippen MR) is 86.2 cm³/mol. The van der Waals surface area contributed by atoms with E-state index < -0.39 is 0 Å². The van der Waals surface area contributed by atoms with Crippen molar-refractivity contribution in [2.24, 2.45) is 5.92 Å². The molecule has 0 amide bonds. The molecule has 1 atom stereocenters. The van der Waals surface area contributed by atoms with Gasteiger partial charge in [-0.3, -0.25) is 4.90 Å². The normalized spacial score (nSPS) is 22.1. The standard InChI is InChI=1S/C18H28N2O/c1-21-14-17-8-6-16(7-9-17)12-20(11-15-4-5-15)13-18-3-2-10-19-18/h6-9,15,18-19H,2-5,10-14H2,1H3. The second kappa shape index (κ2) is 7.39. The molecule has 3 nitrogen and oxygen atoms in total. The van der Waals surface area contributed by atoms with Crippen LogP contribution in [0.3, 0.4) is 0 Å². The Balaban J connectivity index is 1.56. The average molecular weight is 288 g/mol. The summed E-state index contributed by atoms with van der Waals surface area (Å²) in [5, 5.41) is 3.63. The molecule has 21 heavy (non-hydrogen) atoms. The van der Waals surface area contributed by atoms with Crippen LogP contribution in [-0.2, 0) is 17.9 Å². The van der Waals surface area contributed by atoms with Gasteiger partial charge >= 0.3 is 0 Å². The first-order chi connectivity index (χ1) is 10.3. The minimum Gasteiger partial charge on any atom is -0.380 e. The maximum Gasteiger partial charge on any atom is 0.0713 e. The summed E-state index contributed by atoms with van der Waals surface area (Å²) in [7, 11) is 1.75. The Morgan fingerprint density at radius 1 is 1.10 bits per heavy atom. The third kappa shape index (κ3) is 4.80. The Morgan fingerprint density at radius 3 is 2.48 bits per heavy atom. The fraction of sp³-hybridized carbons (Fsp3) is 0.667. The third-order valence-corrected chi connectivity index (χ3v) is 4.59. The molecular formula is C18H28N2O. The number of ether oxygens (including phenoxy) is 1. The topological polar surface area (TPSA) is 24.5 Å². The monoisotopic (exact) mass is 288 g/mol. The Kier molecular flexibility index (Phi) is 5.28. The Labute approximate surface area is 128 Å². The molecule has 1 N–H and O–H groups in total. The fourth-order valence-corrected chi connectivity index (χ4v) is 3.26. The average Bonchev–Trinajstić information content (AvgIpc) is 3.15. The molecule has 1 aliphatic carbocycles. The molecule has 1 saturated carbocycles. The highest BCUT2D eigenvalue weighted by Crippen LogP contribution is 2.30. The van der Waals surface area contributed by atoms with Crippen molar-refractivity contribution in [3.05, 3.63) is 35.4 Å². The minimum absolute atomic E-state index is 0.705. The van der Waals surface area contributed by atoms with E-state index in [2.05, 4.69) is 34.5 Å². The first-order valence-corrected chi connectivity index (χ1v) is 8.36. The zero-order valence-electron chi connectivity index (χ0n) is 13.2. The lowest BCUT2D eigenvalue weighted by atomic mass is 10.1. The predicted octanol–water partition coefficient (Wildman–Crippen LogP) is 2.80. The van der Waals surface area contributed by atoms with Crippen molar-refractivity contribution in [2.75, 3.05) is 26.7 Å². The second-order valence-electron chi connectivity index (χ2n) is 6.68. The van der Waals surface area contributed by atoms with E-state index in [1.165, 1.54) is 56.4 Å². The first kappa shape index (κ1) is 15.0. The molecule has 2 fully saturated rings. The second-order valence-corrected chi connectivity index (χ2v) is 6.68. The fourth-order valence-electron chi connectivity index (χ4n) is 3.26. The molecule has 0 radical (unpaired) electrons. The minimum atomic E-state index is 0.705. The number of nitrogens with one attached hydrogen (secondary N) is 1. The smallest absolute Gasteiger partial charge is 0.0713 e. The number of methoxy groups -OCH3 is 1. The Hall–Kier alpha value is -0.900. The first-order valence-electron chi connectivity index (χ1n) is 8.36. The molecule has 1 aromatic carbocycles. The van der Waals surface area contributed by atoms with E-state index in [1.807, 2.05) is 0 Å². The molecule has 1 saturated heterocycles. The Morgan fingerprint density at radius 2 is 1.86 bits per heavy atom. The van der Waals surface area contributed by atoms with Crippen LogP contribution in [0.25, 0.3) is 0 Å². The maximum atomic E-state index is 5.18. The van der Waals surface area contributed by atoms with E-state index in [9.17, 15) is 0 Å². The number of rotatable bonds is 8. The van der Waals surface area contributed by atoms with Gasteiger partial charge in [-0.2, -0.15) is 0 Å². The molecule has 3 heteroatoms. The van der Waals surface area contributed by atoms with Crippen molar-refractivity contribution >= 4 is 0 Å². The number of hydrogen-bond acceptors (Lipinski definition) is 3. The lowest BCUT2D eigenvalue weighted by Crippen LogP contribution is -2.38. The summed E-state index contributed by atoms with van der Waals surface area (Å²) in [6, 6.07) is 9.62. The molecule has 1 aromatic rings. The highest BCUT2D eigenvalue weighted by Gasteiger charge is 2.26. The van der Waals surface area contributed by atoms with Gasteiger partial charge in [0.2, 0.25) is 0 Å². The molecule has 0 bridgehead atoms. The Bertz CT molecular complexity index is 421. The van der Waals surface area contributed by atoms with Crippen molar-refractivity contribution in [2.45, 2.75) is 44.9 Å². The molecule has 1 heterocycles. The summed E-state index contributed by atoms with van der Waals surface area (Å²) in [5.41, 5.74) is 2.68. The van der Waals surface area contributed by atoms with Gasteiger partial charge in [0.1, 0.15) is 0 Å². The van der Waals surface area contributed by atoms with E-state index in [4.69, 9.17) is 4.74 Å². The van der Waals surface area contributed by atoms with Gasteiger partial charge < -0.3 is 10.1 Å². The number of nitrogens with zero attached hydrogens (tertiary/aromatic N) is 1. The summed E-state index contributed by atoms with van der Waals surface area (Å²) >= 11 is 0. The summed E-state index contributed by atoms with van der Waals surface area (Å²) in [5.74, 6) is 0.958. The summed E-state index contributed by atoms with van der Waals surface area (Å²) < 4.78 is 5.18. The van der Waals surface area contributed by atoms with E-state index in [1.54, 1.807) is 7.11 Å². The van der Waals surface area contributed by atoms with Crippen molar-refractivity contribution in [1.29, 1.82) is 0 Å². The highest BCUT2D eigenvalue weighted by molar-refractivity contribution is 5.22. The zero-order chi connectivity index (χ0) is 14.5. The molecule has 1 unspecified atom stereocenters. The maximum absolute atomic E-state index is 5.18. The van der Waals surface area contributed by atoms with Gasteiger partial charge in [0, 0.05) is 32.8 Å². The molecule has 1 aliphatic heterocycles. The molecular weight excluding hydrogens is 260 g/mol. The van der Waals surface area contributed by atoms with Gasteiger partial charge in [0.15, 0.2) is 0 Å². The molecule has 0 spiro atoms. The van der Waals surface area contributed by atoms with Gasteiger partial charge in [-0.05, 0) is 49.3 Å². The van der Waals surface area contributed by atoms with Gasteiger partial charge in [-0.1, -0.05) is 24.3 Å². The van der Waals surface area contributed by atoms with Gasteiger partial charge in [0.05, 0.1) is 6.61 Å². The van der Waals surface area contributed by atoms with Crippen molar-refractivity contribution in [3.8, 4) is 0 Å². The highest BCUT2D eigenvalue weighted by atomic mass is 16.5. The quantitative estimate of drug-likeness (QED) is 0.796. The lowest BCUT2D eigenvalue weighted by molar-refractivity contribution is 0.185. The van der Waals surface area contributed by atoms with Gasteiger partial charge in [0.25, 0.3) is 0 Å². The van der Waals surface area contributed by atoms with Crippen LogP contribution in [0.2, 0.25) is 0 Å². The van der Waals surface area contributed by atoms with Crippen LogP contribution >= 0.6 is 0 Å². The van der Waals surface area contributed by atoms with Crippen LogP contribution in [0.15, 0.2) is 24.3 Å². The van der Waals surface area contributed by atoms with Crippen molar-refractivity contribution in [3.63, 3.8) is 0 Å². The molecule has 2 aliphatic rings. The van der Waals surface area contributed by atoms with E-state index >= 15 is 0 Å². The lowest BCUT2D eigenvalue weighted by Gasteiger charge is -2.26. The molecule has 3 rings (SSSR count). The van der Waals surface area contributed by atoms with E-state index in [-0.39, 0.29) is 0 Å². The summed E-state index contributed by atoms with van der Waals surface area (Å²) in [6.45, 7) is 5.47. The van der Waals surface area contributed by atoms with Crippen LogP contribution < -0.4 is 5.32 Å². The van der Waals surface area contributed by atoms with Gasteiger partial charge in [-0.15, -0.1) is 0 Å². The third-order valence-electron chi connectivity index (χ3n) is 4.59. The van der Waals surface area contributed by atoms with Crippen LogP contribution in [0, 0.1) is 5.92 Å². The van der Waals surface area contributed by atoms with Gasteiger partial charge in [-0.25, -0.2) is 0 Å². The summed E-state index contributed by atoms with van der Waals surface area (Å²) in [6.07, 6.45) is 5.55.